The number of carbonyl (C=O) groups is 2. The molecule has 0 fully saturated rings. The van der Waals surface area contributed by atoms with Crippen LogP contribution in [0.5, 0.6) is 0 Å². The van der Waals surface area contributed by atoms with Crippen LogP contribution in [0.2, 0.25) is 0 Å². The van der Waals surface area contributed by atoms with Gasteiger partial charge in [0, 0.05) is 32.4 Å². The maximum atomic E-state index is 14.0. The summed E-state index contributed by atoms with van der Waals surface area (Å²) in [6.45, 7) is 0. The molecular weight excluding hydrogens is 720 g/mol. The first-order valence-electron chi connectivity index (χ1n) is 15.1. The Morgan fingerprint density at radius 1 is 0.769 bits per heavy atom. The van der Waals surface area contributed by atoms with Crippen molar-refractivity contribution < 1.29 is 49.5 Å². The normalized spacial score (nSPS) is 11.4. The van der Waals surface area contributed by atoms with Crippen LogP contribution < -0.4 is 10.2 Å². The topological polar surface area (TPSA) is 74.8 Å². The molecule has 0 aliphatic rings. The first-order chi connectivity index (χ1) is 24.4. The fraction of sp³-hybridized carbons (Fsp3) is 0.194. The second kappa shape index (κ2) is 16.3. The van der Waals surface area contributed by atoms with Crippen molar-refractivity contribution >= 4 is 34.0 Å². The fourth-order valence-electron chi connectivity index (χ4n) is 4.64. The Bertz CT molecular complexity index is 2010. The van der Waals surface area contributed by atoms with Crippen LogP contribution in [0, 0.1) is 11.6 Å². The lowest BCUT2D eigenvalue weighted by atomic mass is 10.0. The number of halogens is 8. The number of amides is 2. The molecule has 0 unspecified atom stereocenters. The lowest BCUT2D eigenvalue weighted by molar-refractivity contribution is -0.167. The first-order valence-corrected chi connectivity index (χ1v) is 15.9. The van der Waals surface area contributed by atoms with Crippen LogP contribution >= 0.6 is 11.3 Å². The lowest BCUT2D eigenvalue weighted by Crippen LogP contribution is -2.27. The van der Waals surface area contributed by atoms with E-state index < -0.39 is 52.5 Å². The monoisotopic (exact) mass is 750 g/mol. The van der Waals surface area contributed by atoms with Gasteiger partial charge in [0.15, 0.2) is 5.13 Å². The van der Waals surface area contributed by atoms with E-state index >= 15 is 0 Å². The molecule has 4 aromatic carbocycles. The number of benzene rings is 4. The number of carbonyl (C=O) groups excluding carboxylic acids is 2. The first kappa shape index (κ1) is 39.4. The molecule has 0 saturated heterocycles. The Balaban J connectivity index is 0.000000299. The molecule has 16 heteroatoms. The summed E-state index contributed by atoms with van der Waals surface area (Å²) in [5.74, 6) is -3.56. The van der Waals surface area contributed by atoms with Gasteiger partial charge in [0.25, 0.3) is 5.91 Å². The number of nitrogens with one attached hydrogen (secondary N) is 1. The van der Waals surface area contributed by atoms with Crippen molar-refractivity contribution in [3.05, 3.63) is 125 Å². The molecule has 274 valence electrons. The summed E-state index contributed by atoms with van der Waals surface area (Å²) in [4.78, 5) is 35.3. The number of hydrogen-bond acceptors (Lipinski definition) is 6. The third kappa shape index (κ3) is 9.91. The van der Waals surface area contributed by atoms with Crippen molar-refractivity contribution in [2.75, 3.05) is 38.5 Å². The summed E-state index contributed by atoms with van der Waals surface area (Å²) < 4.78 is 105. The van der Waals surface area contributed by atoms with E-state index in [4.69, 9.17) is 0 Å². The molecule has 5 aromatic rings. The largest absolute Gasteiger partial charge is 0.416 e. The maximum absolute atomic E-state index is 14.0. The van der Waals surface area contributed by atoms with Crippen molar-refractivity contribution in [2.24, 2.45) is 0 Å². The van der Waals surface area contributed by atoms with Gasteiger partial charge in [-0.1, -0.05) is 59.9 Å². The van der Waals surface area contributed by atoms with Crippen molar-refractivity contribution in [1.82, 2.24) is 10.0 Å². The zero-order valence-electron chi connectivity index (χ0n) is 27.9. The molecular formula is C36H30F8N4O3S. The van der Waals surface area contributed by atoms with Crippen molar-refractivity contribution in [2.45, 2.75) is 18.8 Å². The summed E-state index contributed by atoms with van der Waals surface area (Å²) in [5.41, 5.74) is -0.0244. The van der Waals surface area contributed by atoms with Gasteiger partial charge in [0.2, 0.25) is 5.91 Å². The van der Waals surface area contributed by atoms with E-state index in [9.17, 15) is 44.7 Å². The van der Waals surface area contributed by atoms with Gasteiger partial charge in [0.05, 0.1) is 35.2 Å². The third-order valence-corrected chi connectivity index (χ3v) is 8.40. The van der Waals surface area contributed by atoms with Crippen LogP contribution in [0.1, 0.15) is 27.0 Å². The predicted octanol–water partition coefficient (Wildman–Crippen LogP) is 9.36. The number of hydroxylamine groups is 2. The van der Waals surface area contributed by atoms with E-state index in [1.54, 1.807) is 12.1 Å². The number of hydrogen-bond donors (Lipinski definition) is 1. The van der Waals surface area contributed by atoms with Gasteiger partial charge in [-0.05, 0) is 53.6 Å². The Morgan fingerprint density at radius 2 is 1.33 bits per heavy atom. The summed E-state index contributed by atoms with van der Waals surface area (Å²) in [6.07, 6.45) is -9.08. The van der Waals surface area contributed by atoms with Gasteiger partial charge in [0.1, 0.15) is 17.2 Å². The molecule has 1 N–H and O–H groups in total. The van der Waals surface area contributed by atoms with Crippen molar-refractivity contribution in [3.8, 4) is 21.7 Å². The van der Waals surface area contributed by atoms with E-state index in [1.165, 1.54) is 38.4 Å². The average molecular weight is 751 g/mol. The molecule has 0 radical (unpaired) electrons. The van der Waals surface area contributed by atoms with Crippen molar-refractivity contribution in [3.63, 3.8) is 0 Å². The summed E-state index contributed by atoms with van der Waals surface area (Å²) in [5, 5.41) is 3.33. The molecule has 0 aliphatic heterocycles. The number of rotatable bonds is 8. The molecule has 0 spiro atoms. The third-order valence-electron chi connectivity index (χ3n) is 7.38. The Kier molecular flexibility index (Phi) is 12.4. The summed E-state index contributed by atoms with van der Waals surface area (Å²) >= 11 is 0.906. The van der Waals surface area contributed by atoms with Crippen LogP contribution in [0.25, 0.3) is 21.7 Å². The van der Waals surface area contributed by atoms with Crippen LogP contribution in [0.15, 0.2) is 91.0 Å². The van der Waals surface area contributed by atoms with E-state index in [-0.39, 0.29) is 17.1 Å². The number of nitrogens with zero attached hydrogens (tertiary/aromatic N) is 3. The number of likely N-dealkylation sites (N-methyl/N-ethyl adjacent to an activating group) is 1. The zero-order chi connectivity index (χ0) is 38.4. The number of aromatic nitrogens is 1. The molecule has 52 heavy (non-hydrogen) atoms. The smallest absolute Gasteiger partial charge is 0.378 e. The Labute approximate surface area is 297 Å². The highest BCUT2D eigenvalue weighted by atomic mass is 32.1. The van der Waals surface area contributed by atoms with Crippen LogP contribution in [0.3, 0.4) is 0 Å². The van der Waals surface area contributed by atoms with Crippen LogP contribution in [0.4, 0.5) is 45.9 Å². The molecule has 7 nitrogen and oxygen atoms in total. The van der Waals surface area contributed by atoms with Gasteiger partial charge in [-0.2, -0.15) is 26.3 Å². The highest BCUT2D eigenvalue weighted by Gasteiger charge is 2.32. The molecule has 5 rings (SSSR count). The quantitative estimate of drug-likeness (QED) is 0.126. The lowest BCUT2D eigenvalue weighted by Gasteiger charge is -2.14. The molecule has 0 atom stereocenters. The minimum atomic E-state index is -4.55. The molecule has 1 aromatic heterocycles. The Morgan fingerprint density at radius 3 is 1.88 bits per heavy atom. The van der Waals surface area contributed by atoms with E-state index in [0.717, 1.165) is 64.6 Å². The summed E-state index contributed by atoms with van der Waals surface area (Å²) in [7, 11) is 6.43. The minimum absolute atomic E-state index is 0.0169. The number of alkyl halides is 6. The van der Waals surface area contributed by atoms with E-state index in [0.29, 0.717) is 21.7 Å². The predicted molar refractivity (Wildman–Crippen MR) is 182 cm³/mol. The van der Waals surface area contributed by atoms with Crippen LogP contribution in [-0.4, -0.2) is 50.1 Å². The average Bonchev–Trinajstić information content (AvgIpc) is 3.51. The molecule has 0 bridgehead atoms. The number of thiazole rings is 1. The molecule has 0 saturated carbocycles. The minimum Gasteiger partial charge on any atom is -0.378 e. The van der Waals surface area contributed by atoms with E-state index in [1.807, 2.05) is 31.1 Å². The van der Waals surface area contributed by atoms with Gasteiger partial charge >= 0.3 is 12.4 Å². The number of anilines is 2. The second-order valence-electron chi connectivity index (χ2n) is 11.2. The highest BCUT2D eigenvalue weighted by Crippen LogP contribution is 2.41. The van der Waals surface area contributed by atoms with Gasteiger partial charge < -0.3 is 4.90 Å². The van der Waals surface area contributed by atoms with Gasteiger partial charge in [-0.15, -0.1) is 0 Å². The maximum Gasteiger partial charge on any atom is 0.416 e. The Hall–Kier alpha value is -5.35. The van der Waals surface area contributed by atoms with Gasteiger partial charge in [-0.25, -0.2) is 18.8 Å². The van der Waals surface area contributed by atoms with E-state index in [2.05, 4.69) is 15.1 Å². The van der Waals surface area contributed by atoms with Crippen LogP contribution in [-0.2, 0) is 28.4 Å². The molecule has 2 amide bonds. The SMILES string of the molecule is CN(C)c1ccc(-c2nc(NC(=O)c3c(F)cccc3F)sc2-c2cccc(C(F)(F)F)c2)cc1.CON(C)C(=O)Cc1cccc(C(F)(F)F)c1. The standard InChI is InChI=1S/C25H18F5N3OS.C11H12F3NO2/c1-33(2)17-11-9-14(10-12-17)21-22(15-5-3-6-16(13-15)25(28,29)30)35-24(31-21)32-23(34)20-18(26)7-4-8-19(20)27;1-15(17-2)10(16)7-8-4-3-5-9(6-8)11(12,13)14/h3-13H,1-2H3,(H,31,32,34);3-6H,7H2,1-2H3. The zero-order valence-corrected chi connectivity index (χ0v) is 28.7. The van der Waals surface area contributed by atoms with Gasteiger partial charge in [-0.3, -0.25) is 19.7 Å². The highest BCUT2D eigenvalue weighted by molar-refractivity contribution is 7.19. The molecule has 1 heterocycles. The van der Waals surface area contributed by atoms with Crippen molar-refractivity contribution in [1.29, 1.82) is 0 Å². The fourth-order valence-corrected chi connectivity index (χ4v) is 5.62. The second-order valence-corrected chi connectivity index (χ2v) is 12.2. The molecule has 0 aliphatic carbocycles. The summed E-state index contributed by atoms with van der Waals surface area (Å²) in [6, 6.07) is 19.6.